The molecule has 0 amide bonds. The van der Waals surface area contributed by atoms with E-state index >= 15 is 0 Å². The number of nitrogens with zero attached hydrogens (tertiary/aromatic N) is 3. The Bertz CT molecular complexity index is 419. The lowest BCUT2D eigenvalue weighted by molar-refractivity contribution is 1.05. The first-order valence-corrected chi connectivity index (χ1v) is 3.99. The molecule has 13 heavy (non-hydrogen) atoms. The highest BCUT2D eigenvalue weighted by Crippen LogP contribution is 2.11. The van der Waals surface area contributed by atoms with Crippen LogP contribution in [0.2, 0.25) is 0 Å². The summed E-state index contributed by atoms with van der Waals surface area (Å²) in [5.74, 6) is 0.491. The van der Waals surface area contributed by atoms with E-state index in [0.29, 0.717) is 5.95 Å². The van der Waals surface area contributed by atoms with Crippen LogP contribution in [0.15, 0.2) is 30.7 Å². The molecule has 2 heterocycles. The maximum Gasteiger partial charge on any atom is 0.204 e. The minimum Gasteiger partial charge on any atom is -0.369 e. The van der Waals surface area contributed by atoms with Crippen LogP contribution in [0.1, 0.15) is 5.69 Å². The zero-order valence-corrected chi connectivity index (χ0v) is 7.31. The molecule has 4 nitrogen and oxygen atoms in total. The highest BCUT2D eigenvalue weighted by molar-refractivity contribution is 5.38. The van der Waals surface area contributed by atoms with Gasteiger partial charge in [-0.25, -0.2) is 4.98 Å². The van der Waals surface area contributed by atoms with Gasteiger partial charge in [-0.05, 0) is 19.1 Å². The molecular weight excluding hydrogens is 164 g/mol. The van der Waals surface area contributed by atoms with Gasteiger partial charge in [0.05, 0.1) is 5.69 Å². The molecule has 2 rings (SSSR count). The number of hydrogen-bond donors (Lipinski definition) is 1. The molecule has 0 aliphatic carbocycles. The van der Waals surface area contributed by atoms with Gasteiger partial charge >= 0.3 is 0 Å². The number of anilines is 1. The van der Waals surface area contributed by atoms with Gasteiger partial charge in [0.2, 0.25) is 5.95 Å². The van der Waals surface area contributed by atoms with Crippen molar-refractivity contribution in [3.63, 3.8) is 0 Å². The minimum absolute atomic E-state index is 0.491. The Morgan fingerprint density at radius 3 is 2.77 bits per heavy atom. The predicted molar refractivity (Wildman–Crippen MR) is 50.5 cm³/mol. The fraction of sp³-hybridized carbons (Fsp3) is 0.111. The van der Waals surface area contributed by atoms with E-state index < -0.39 is 0 Å². The van der Waals surface area contributed by atoms with Crippen LogP contribution in [0.5, 0.6) is 0 Å². The number of hydrogen-bond acceptors (Lipinski definition) is 3. The third kappa shape index (κ3) is 1.38. The molecule has 0 fully saturated rings. The first-order valence-electron chi connectivity index (χ1n) is 3.99. The molecule has 0 spiro atoms. The molecule has 0 aromatic carbocycles. The van der Waals surface area contributed by atoms with E-state index in [1.807, 2.05) is 29.8 Å². The summed E-state index contributed by atoms with van der Waals surface area (Å²) in [6.07, 6.45) is 5.25. The average molecular weight is 174 g/mol. The number of rotatable bonds is 1. The molecule has 4 heteroatoms. The standard InChI is InChI=1S/C9H10N4/c1-7-6-8(2-3-11-7)13-5-4-12-9(13)10/h2-6H,1H3,(H2,10,12). The third-order valence-electron chi connectivity index (χ3n) is 1.83. The first-order chi connectivity index (χ1) is 6.27. The second kappa shape index (κ2) is 2.90. The zero-order valence-electron chi connectivity index (χ0n) is 7.31. The molecule has 0 bridgehead atoms. The molecular formula is C9H10N4. The van der Waals surface area contributed by atoms with Crippen molar-refractivity contribution in [3.05, 3.63) is 36.4 Å². The maximum absolute atomic E-state index is 5.65. The molecule has 0 saturated heterocycles. The van der Waals surface area contributed by atoms with Gasteiger partial charge < -0.3 is 5.73 Å². The van der Waals surface area contributed by atoms with Crippen LogP contribution in [0.3, 0.4) is 0 Å². The second-order valence-corrected chi connectivity index (χ2v) is 2.81. The van der Waals surface area contributed by atoms with Gasteiger partial charge in [-0.2, -0.15) is 0 Å². The van der Waals surface area contributed by atoms with E-state index in [-0.39, 0.29) is 0 Å². The van der Waals surface area contributed by atoms with E-state index in [4.69, 9.17) is 5.73 Å². The number of nitrogens with two attached hydrogens (primary N) is 1. The molecule has 66 valence electrons. The summed E-state index contributed by atoms with van der Waals surface area (Å²) in [6.45, 7) is 1.94. The third-order valence-corrected chi connectivity index (χ3v) is 1.83. The maximum atomic E-state index is 5.65. The van der Waals surface area contributed by atoms with Gasteiger partial charge in [0.1, 0.15) is 0 Å². The van der Waals surface area contributed by atoms with Crippen molar-refractivity contribution >= 4 is 5.95 Å². The summed E-state index contributed by atoms with van der Waals surface area (Å²) in [4.78, 5) is 8.05. The van der Waals surface area contributed by atoms with Crippen molar-refractivity contribution in [1.29, 1.82) is 0 Å². The van der Waals surface area contributed by atoms with Gasteiger partial charge in [0, 0.05) is 24.3 Å². The molecule has 0 saturated carbocycles. The second-order valence-electron chi connectivity index (χ2n) is 2.81. The van der Waals surface area contributed by atoms with Crippen LogP contribution >= 0.6 is 0 Å². The highest BCUT2D eigenvalue weighted by atomic mass is 15.1. The van der Waals surface area contributed by atoms with Gasteiger partial charge in [-0.1, -0.05) is 0 Å². The molecule has 0 radical (unpaired) electrons. The summed E-state index contributed by atoms with van der Waals surface area (Å²) in [5, 5.41) is 0. The zero-order chi connectivity index (χ0) is 9.26. The van der Waals surface area contributed by atoms with Crippen molar-refractivity contribution in [2.75, 3.05) is 5.73 Å². The van der Waals surface area contributed by atoms with E-state index in [2.05, 4.69) is 9.97 Å². The number of nitrogen functional groups attached to an aromatic ring is 1. The number of aromatic nitrogens is 3. The Balaban J connectivity index is 2.53. The average Bonchev–Trinajstić information content (AvgIpc) is 2.51. The fourth-order valence-electron chi connectivity index (χ4n) is 1.21. The Morgan fingerprint density at radius 1 is 1.31 bits per heavy atom. The predicted octanol–water partition coefficient (Wildman–Crippen LogP) is 1.16. The summed E-state index contributed by atoms with van der Waals surface area (Å²) >= 11 is 0. The summed E-state index contributed by atoms with van der Waals surface area (Å²) in [5.41, 5.74) is 7.61. The number of aryl methyl sites for hydroxylation is 1. The molecule has 0 aliphatic heterocycles. The first kappa shape index (κ1) is 7.79. The lowest BCUT2D eigenvalue weighted by Crippen LogP contribution is -2.00. The molecule has 0 unspecified atom stereocenters. The summed E-state index contributed by atoms with van der Waals surface area (Å²) < 4.78 is 1.81. The quantitative estimate of drug-likeness (QED) is 0.705. The van der Waals surface area contributed by atoms with Crippen molar-refractivity contribution < 1.29 is 0 Å². The normalized spacial score (nSPS) is 10.2. The minimum atomic E-state index is 0.491. The molecule has 2 aromatic rings. The van der Waals surface area contributed by atoms with E-state index in [9.17, 15) is 0 Å². The largest absolute Gasteiger partial charge is 0.369 e. The SMILES string of the molecule is Cc1cc(-n2ccnc2N)ccn1. The lowest BCUT2D eigenvalue weighted by atomic mass is 10.3. The Kier molecular flexibility index (Phi) is 1.73. The van der Waals surface area contributed by atoms with Crippen LogP contribution in [0.25, 0.3) is 5.69 Å². The van der Waals surface area contributed by atoms with Gasteiger partial charge in [-0.3, -0.25) is 9.55 Å². The molecule has 2 N–H and O–H groups in total. The van der Waals surface area contributed by atoms with Crippen LogP contribution in [0, 0.1) is 6.92 Å². The Hall–Kier alpha value is -1.84. The van der Waals surface area contributed by atoms with Crippen LogP contribution in [-0.2, 0) is 0 Å². The smallest absolute Gasteiger partial charge is 0.204 e. The molecule has 0 aliphatic rings. The van der Waals surface area contributed by atoms with Crippen LogP contribution in [-0.4, -0.2) is 14.5 Å². The summed E-state index contributed by atoms with van der Waals surface area (Å²) in [6, 6.07) is 3.85. The van der Waals surface area contributed by atoms with Crippen LogP contribution in [0.4, 0.5) is 5.95 Å². The van der Waals surface area contributed by atoms with Crippen molar-refractivity contribution in [3.8, 4) is 5.69 Å². The lowest BCUT2D eigenvalue weighted by Gasteiger charge is -2.03. The number of pyridine rings is 1. The van der Waals surface area contributed by atoms with E-state index in [1.54, 1.807) is 12.4 Å². The van der Waals surface area contributed by atoms with Gasteiger partial charge in [-0.15, -0.1) is 0 Å². The monoisotopic (exact) mass is 174 g/mol. The van der Waals surface area contributed by atoms with Crippen LogP contribution < -0.4 is 5.73 Å². The van der Waals surface area contributed by atoms with Crippen molar-refractivity contribution in [2.24, 2.45) is 0 Å². The van der Waals surface area contributed by atoms with E-state index in [1.165, 1.54) is 0 Å². The topological polar surface area (TPSA) is 56.7 Å². The van der Waals surface area contributed by atoms with Gasteiger partial charge in [0.25, 0.3) is 0 Å². The van der Waals surface area contributed by atoms with E-state index in [0.717, 1.165) is 11.4 Å². The van der Waals surface area contributed by atoms with Gasteiger partial charge in [0.15, 0.2) is 0 Å². The number of imidazole rings is 1. The Labute approximate surface area is 76.1 Å². The fourth-order valence-corrected chi connectivity index (χ4v) is 1.21. The Morgan fingerprint density at radius 2 is 2.15 bits per heavy atom. The highest BCUT2D eigenvalue weighted by Gasteiger charge is 2.00. The van der Waals surface area contributed by atoms with Crippen molar-refractivity contribution in [1.82, 2.24) is 14.5 Å². The van der Waals surface area contributed by atoms with Crippen molar-refractivity contribution in [2.45, 2.75) is 6.92 Å². The molecule has 2 aromatic heterocycles. The summed E-state index contributed by atoms with van der Waals surface area (Å²) in [7, 11) is 0. The molecule has 0 atom stereocenters.